The van der Waals surface area contributed by atoms with E-state index in [1.54, 1.807) is 12.1 Å². The Kier molecular flexibility index (Phi) is 7.37. The first-order valence-corrected chi connectivity index (χ1v) is 10.5. The molecule has 1 aromatic carbocycles. The van der Waals surface area contributed by atoms with Crippen molar-refractivity contribution < 1.29 is 12.9 Å². The van der Waals surface area contributed by atoms with Crippen LogP contribution >= 0.6 is 0 Å². The molecule has 0 fully saturated rings. The summed E-state index contributed by atoms with van der Waals surface area (Å²) in [5.74, 6) is 1.55. The number of aryl methyl sites for hydroxylation is 2. The zero-order chi connectivity index (χ0) is 19.9. The highest BCUT2D eigenvalue weighted by atomic mass is 32.2. The summed E-state index contributed by atoms with van der Waals surface area (Å²) in [5, 5.41) is 15.7. The zero-order valence-corrected chi connectivity index (χ0v) is 16.8. The second-order valence-corrected chi connectivity index (χ2v) is 7.54. The molecule has 2 rings (SSSR count). The van der Waals surface area contributed by atoms with Gasteiger partial charge in [0.15, 0.2) is 5.96 Å². The summed E-state index contributed by atoms with van der Waals surface area (Å²) in [6, 6.07) is 6.38. The normalized spacial score (nSPS) is 12.2. The van der Waals surface area contributed by atoms with Gasteiger partial charge in [0.1, 0.15) is 5.76 Å². The summed E-state index contributed by atoms with van der Waals surface area (Å²) in [5.41, 5.74) is 2.91. The van der Waals surface area contributed by atoms with Crippen molar-refractivity contribution >= 4 is 16.0 Å². The number of primary sulfonamides is 1. The number of guanidine groups is 1. The standard InChI is InChI=1S/C18H27N5O3S/c1-4-16-15(17(5-2)26-23-16)12-22-18(20-6-3)21-11-13-7-9-14(10-8-13)27(19,24)25/h7-10H,4-6,11-12H2,1-3H3,(H2,19,24,25)(H2,20,21,22). The summed E-state index contributed by atoms with van der Waals surface area (Å²) >= 11 is 0. The number of hydrogen-bond donors (Lipinski definition) is 3. The highest BCUT2D eigenvalue weighted by Crippen LogP contribution is 2.15. The third-order valence-electron chi connectivity index (χ3n) is 4.06. The molecule has 0 aliphatic heterocycles. The lowest BCUT2D eigenvalue weighted by atomic mass is 10.1. The van der Waals surface area contributed by atoms with Crippen LogP contribution in [0.25, 0.3) is 0 Å². The molecule has 0 unspecified atom stereocenters. The molecular weight excluding hydrogens is 366 g/mol. The fraction of sp³-hybridized carbons (Fsp3) is 0.444. The molecule has 148 valence electrons. The number of nitrogens with two attached hydrogens (primary N) is 1. The van der Waals surface area contributed by atoms with E-state index < -0.39 is 10.0 Å². The van der Waals surface area contributed by atoms with Crippen molar-refractivity contribution in [3.63, 3.8) is 0 Å². The number of sulfonamides is 1. The third kappa shape index (κ3) is 5.80. The Bertz CT molecular complexity index is 851. The van der Waals surface area contributed by atoms with Crippen LogP contribution in [0.5, 0.6) is 0 Å². The SMILES string of the molecule is CCNC(=NCc1ccc(S(N)(=O)=O)cc1)NCc1c(CC)noc1CC. The molecule has 0 saturated heterocycles. The van der Waals surface area contributed by atoms with Crippen molar-refractivity contribution in [2.75, 3.05) is 6.54 Å². The van der Waals surface area contributed by atoms with E-state index in [4.69, 9.17) is 9.66 Å². The van der Waals surface area contributed by atoms with Crippen molar-refractivity contribution in [1.29, 1.82) is 0 Å². The van der Waals surface area contributed by atoms with Gasteiger partial charge >= 0.3 is 0 Å². The molecule has 0 aliphatic carbocycles. The monoisotopic (exact) mass is 393 g/mol. The molecule has 0 spiro atoms. The van der Waals surface area contributed by atoms with Crippen molar-refractivity contribution in [2.24, 2.45) is 10.1 Å². The molecular formula is C18H27N5O3S. The lowest BCUT2D eigenvalue weighted by Gasteiger charge is -2.12. The van der Waals surface area contributed by atoms with Gasteiger partial charge in [0, 0.05) is 25.1 Å². The maximum Gasteiger partial charge on any atom is 0.238 e. The Labute approximate surface area is 160 Å². The van der Waals surface area contributed by atoms with Crippen LogP contribution in [0.15, 0.2) is 38.7 Å². The summed E-state index contributed by atoms with van der Waals surface area (Å²) in [6.45, 7) is 7.78. The largest absolute Gasteiger partial charge is 0.361 e. The van der Waals surface area contributed by atoms with Crippen molar-refractivity contribution in [2.45, 2.75) is 51.6 Å². The Morgan fingerprint density at radius 1 is 1.15 bits per heavy atom. The Hall–Kier alpha value is -2.39. The predicted octanol–water partition coefficient (Wildman–Crippen LogP) is 1.70. The molecule has 0 radical (unpaired) electrons. The molecule has 9 heteroatoms. The molecule has 0 atom stereocenters. The molecule has 0 amide bonds. The molecule has 0 aliphatic rings. The predicted molar refractivity (Wildman–Crippen MR) is 105 cm³/mol. The summed E-state index contributed by atoms with van der Waals surface area (Å²) < 4.78 is 28.0. The van der Waals surface area contributed by atoms with Crippen molar-refractivity contribution in [3.05, 3.63) is 46.8 Å². The highest BCUT2D eigenvalue weighted by molar-refractivity contribution is 7.89. The zero-order valence-electron chi connectivity index (χ0n) is 15.9. The Morgan fingerprint density at radius 2 is 1.85 bits per heavy atom. The van der Waals surface area contributed by atoms with E-state index in [0.29, 0.717) is 19.0 Å². The summed E-state index contributed by atoms with van der Waals surface area (Å²) in [4.78, 5) is 4.64. The molecule has 4 N–H and O–H groups in total. The third-order valence-corrected chi connectivity index (χ3v) is 4.98. The van der Waals surface area contributed by atoms with Crippen LogP contribution < -0.4 is 15.8 Å². The van der Waals surface area contributed by atoms with E-state index >= 15 is 0 Å². The van der Waals surface area contributed by atoms with Gasteiger partial charge in [-0.3, -0.25) is 0 Å². The smallest absolute Gasteiger partial charge is 0.238 e. The number of aromatic nitrogens is 1. The summed E-state index contributed by atoms with van der Waals surface area (Å²) in [6.07, 6.45) is 1.60. The first-order chi connectivity index (χ1) is 12.9. The molecule has 0 bridgehead atoms. The molecule has 27 heavy (non-hydrogen) atoms. The number of rotatable bonds is 8. The van der Waals surface area contributed by atoms with Gasteiger partial charge in [-0.2, -0.15) is 0 Å². The first kappa shape index (κ1) is 20.9. The second-order valence-electron chi connectivity index (χ2n) is 5.98. The molecule has 1 aromatic heterocycles. The Morgan fingerprint density at radius 3 is 2.41 bits per heavy atom. The second kappa shape index (κ2) is 9.52. The lowest BCUT2D eigenvalue weighted by Crippen LogP contribution is -2.37. The summed E-state index contributed by atoms with van der Waals surface area (Å²) in [7, 11) is -3.68. The van der Waals surface area contributed by atoms with E-state index in [1.807, 2.05) is 20.8 Å². The van der Waals surface area contributed by atoms with Crippen molar-refractivity contribution in [1.82, 2.24) is 15.8 Å². The van der Waals surface area contributed by atoms with E-state index in [9.17, 15) is 8.42 Å². The minimum absolute atomic E-state index is 0.0897. The number of hydrogen-bond acceptors (Lipinski definition) is 5. The van der Waals surface area contributed by atoms with Gasteiger partial charge in [-0.15, -0.1) is 0 Å². The minimum atomic E-state index is -3.68. The van der Waals surface area contributed by atoms with Crippen LogP contribution in [-0.4, -0.2) is 26.1 Å². The van der Waals surface area contributed by atoms with Crippen LogP contribution in [0.4, 0.5) is 0 Å². The topological polar surface area (TPSA) is 123 Å². The van der Waals surface area contributed by atoms with Crippen LogP contribution in [0.3, 0.4) is 0 Å². The van der Waals surface area contributed by atoms with Gasteiger partial charge < -0.3 is 15.2 Å². The minimum Gasteiger partial charge on any atom is -0.361 e. The first-order valence-electron chi connectivity index (χ1n) is 8.99. The number of benzene rings is 1. The van der Waals surface area contributed by atoms with Gasteiger partial charge in [0.05, 0.1) is 17.1 Å². The van der Waals surface area contributed by atoms with Crippen LogP contribution in [0.1, 0.15) is 43.4 Å². The fourth-order valence-corrected chi connectivity index (χ4v) is 3.12. The molecule has 8 nitrogen and oxygen atoms in total. The fourth-order valence-electron chi connectivity index (χ4n) is 2.61. The Balaban J connectivity index is 2.07. The van der Waals surface area contributed by atoms with Gasteiger partial charge in [0.2, 0.25) is 10.0 Å². The van der Waals surface area contributed by atoms with E-state index in [0.717, 1.165) is 42.0 Å². The van der Waals surface area contributed by atoms with Gasteiger partial charge in [-0.25, -0.2) is 18.5 Å². The molecule has 1 heterocycles. The van der Waals surface area contributed by atoms with E-state index in [2.05, 4.69) is 20.8 Å². The average Bonchev–Trinajstić information content (AvgIpc) is 3.05. The highest BCUT2D eigenvalue weighted by Gasteiger charge is 2.13. The lowest BCUT2D eigenvalue weighted by molar-refractivity contribution is 0.380. The molecule has 0 saturated carbocycles. The van der Waals surface area contributed by atoms with Crippen LogP contribution in [0, 0.1) is 0 Å². The van der Waals surface area contributed by atoms with Crippen LogP contribution in [-0.2, 0) is 36.0 Å². The maximum absolute atomic E-state index is 11.3. The number of aliphatic imine (C=N–C) groups is 1. The van der Waals surface area contributed by atoms with Crippen molar-refractivity contribution in [3.8, 4) is 0 Å². The number of nitrogens with one attached hydrogen (secondary N) is 2. The van der Waals surface area contributed by atoms with E-state index in [-0.39, 0.29) is 4.90 Å². The number of nitrogens with zero attached hydrogens (tertiary/aromatic N) is 2. The maximum atomic E-state index is 11.3. The average molecular weight is 394 g/mol. The molecule has 2 aromatic rings. The van der Waals surface area contributed by atoms with E-state index in [1.165, 1.54) is 12.1 Å². The van der Waals surface area contributed by atoms with Gasteiger partial charge in [-0.1, -0.05) is 31.1 Å². The van der Waals surface area contributed by atoms with Gasteiger partial charge in [0.25, 0.3) is 0 Å². The quantitative estimate of drug-likeness (QED) is 0.463. The van der Waals surface area contributed by atoms with Crippen LogP contribution in [0.2, 0.25) is 0 Å². The van der Waals surface area contributed by atoms with Gasteiger partial charge in [-0.05, 0) is 31.0 Å².